The third kappa shape index (κ3) is 3.25. The Morgan fingerprint density at radius 3 is 2.57 bits per heavy atom. The lowest BCUT2D eigenvalue weighted by Crippen LogP contribution is -2.14. The van der Waals surface area contributed by atoms with Crippen LogP contribution in [0.2, 0.25) is 0 Å². The number of anilines is 1. The number of rotatable bonds is 4. The molecule has 5 nitrogen and oxygen atoms in total. The van der Waals surface area contributed by atoms with Gasteiger partial charge in [-0.1, -0.05) is 6.07 Å². The summed E-state index contributed by atoms with van der Waals surface area (Å²) in [4.78, 5) is -0.190. The number of ether oxygens (including phenoxy) is 1. The molecule has 0 aliphatic carbocycles. The fourth-order valence-corrected chi connectivity index (χ4v) is 3.11. The Balaban J connectivity index is 2.44. The van der Waals surface area contributed by atoms with Crippen LogP contribution in [0.5, 0.6) is 11.5 Å². The van der Waals surface area contributed by atoms with Crippen LogP contribution < -0.4 is 9.46 Å². The van der Waals surface area contributed by atoms with Gasteiger partial charge in [-0.2, -0.15) is 0 Å². The van der Waals surface area contributed by atoms with Gasteiger partial charge in [0.15, 0.2) is 0 Å². The lowest BCUT2D eigenvalue weighted by atomic mass is 10.2. The summed E-state index contributed by atoms with van der Waals surface area (Å²) in [5.74, 6) is -0.536. The highest BCUT2D eigenvalue weighted by Gasteiger charge is 2.19. The summed E-state index contributed by atoms with van der Waals surface area (Å²) in [6, 6.07) is 7.60. The van der Waals surface area contributed by atoms with E-state index in [-0.39, 0.29) is 16.3 Å². The highest BCUT2D eigenvalue weighted by atomic mass is 32.2. The Kier molecular flexibility index (Phi) is 4.04. The number of sulfonamides is 1. The van der Waals surface area contributed by atoms with Crippen LogP contribution in [0.4, 0.5) is 10.1 Å². The Bertz CT molecular complexity index is 775. The third-order valence-electron chi connectivity index (χ3n) is 2.89. The first kappa shape index (κ1) is 15.1. The van der Waals surface area contributed by atoms with Crippen molar-refractivity contribution in [2.45, 2.75) is 11.8 Å². The van der Waals surface area contributed by atoms with Gasteiger partial charge in [-0.15, -0.1) is 0 Å². The molecule has 0 unspecified atom stereocenters. The van der Waals surface area contributed by atoms with Crippen LogP contribution in [0.1, 0.15) is 5.56 Å². The zero-order valence-corrected chi connectivity index (χ0v) is 12.2. The maximum absolute atomic E-state index is 13.3. The van der Waals surface area contributed by atoms with Gasteiger partial charge in [0, 0.05) is 6.07 Å². The molecular weight excluding hydrogens is 297 g/mol. The number of nitrogens with one attached hydrogen (secondary N) is 1. The van der Waals surface area contributed by atoms with E-state index >= 15 is 0 Å². The van der Waals surface area contributed by atoms with E-state index in [0.29, 0.717) is 11.3 Å². The Morgan fingerprint density at radius 2 is 1.90 bits per heavy atom. The Morgan fingerprint density at radius 1 is 1.19 bits per heavy atom. The maximum atomic E-state index is 13.3. The molecule has 7 heteroatoms. The van der Waals surface area contributed by atoms with Crippen LogP contribution in [0, 0.1) is 12.7 Å². The normalized spacial score (nSPS) is 11.2. The SMILES string of the molecule is COc1ccc(O)c(NS(=O)(=O)c2cc(F)ccc2C)c1. The molecular formula is C14H14FNO4S. The van der Waals surface area contributed by atoms with Crippen LogP contribution in [-0.2, 0) is 10.0 Å². The summed E-state index contributed by atoms with van der Waals surface area (Å²) in [5, 5.41) is 9.71. The van der Waals surface area contributed by atoms with Crippen molar-refractivity contribution < 1.29 is 22.7 Å². The fraction of sp³-hybridized carbons (Fsp3) is 0.143. The number of aryl methyl sites for hydroxylation is 1. The van der Waals surface area contributed by atoms with Crippen molar-refractivity contribution in [3.8, 4) is 11.5 Å². The second-order valence-electron chi connectivity index (χ2n) is 4.40. The van der Waals surface area contributed by atoms with E-state index < -0.39 is 15.8 Å². The minimum atomic E-state index is -4.02. The second kappa shape index (κ2) is 5.61. The van der Waals surface area contributed by atoms with Gasteiger partial charge in [-0.3, -0.25) is 4.72 Å². The zero-order valence-electron chi connectivity index (χ0n) is 11.4. The highest BCUT2D eigenvalue weighted by molar-refractivity contribution is 7.92. The minimum Gasteiger partial charge on any atom is -0.506 e. The van der Waals surface area contributed by atoms with Gasteiger partial charge >= 0.3 is 0 Å². The van der Waals surface area contributed by atoms with Crippen molar-refractivity contribution in [1.82, 2.24) is 0 Å². The fourth-order valence-electron chi connectivity index (χ4n) is 1.79. The van der Waals surface area contributed by atoms with E-state index in [1.807, 2.05) is 0 Å². The molecule has 0 radical (unpaired) electrons. The average Bonchev–Trinajstić information content (AvgIpc) is 2.43. The minimum absolute atomic E-state index is 0.0435. The molecule has 0 atom stereocenters. The van der Waals surface area contributed by atoms with Crippen LogP contribution in [0.15, 0.2) is 41.3 Å². The van der Waals surface area contributed by atoms with Gasteiger partial charge in [-0.05, 0) is 36.8 Å². The van der Waals surface area contributed by atoms with E-state index in [2.05, 4.69) is 4.72 Å². The molecule has 21 heavy (non-hydrogen) atoms. The molecule has 0 amide bonds. The number of aromatic hydroxyl groups is 1. The molecule has 0 aromatic heterocycles. The average molecular weight is 311 g/mol. The summed E-state index contributed by atoms with van der Waals surface area (Å²) in [6.45, 7) is 1.55. The number of phenols is 1. The molecule has 0 heterocycles. The molecule has 2 rings (SSSR count). The third-order valence-corrected chi connectivity index (χ3v) is 4.40. The number of hydrogen-bond donors (Lipinski definition) is 2. The van der Waals surface area contributed by atoms with Gasteiger partial charge in [-0.25, -0.2) is 12.8 Å². The van der Waals surface area contributed by atoms with Crippen molar-refractivity contribution in [1.29, 1.82) is 0 Å². The summed E-state index contributed by atoms with van der Waals surface area (Å²) in [5.41, 5.74) is 0.351. The molecule has 0 bridgehead atoms. The lowest BCUT2D eigenvalue weighted by Gasteiger charge is -2.12. The Hall–Kier alpha value is -2.28. The molecule has 0 saturated carbocycles. The highest BCUT2D eigenvalue weighted by Crippen LogP contribution is 2.30. The predicted octanol–water partition coefficient (Wildman–Crippen LogP) is 2.65. The van der Waals surface area contributed by atoms with Gasteiger partial charge in [0.05, 0.1) is 17.7 Å². The molecule has 0 aliphatic heterocycles. The Labute approximate surface area is 122 Å². The van der Waals surface area contributed by atoms with Gasteiger partial charge in [0.25, 0.3) is 10.0 Å². The molecule has 2 aromatic rings. The monoisotopic (exact) mass is 311 g/mol. The molecule has 2 aromatic carbocycles. The quantitative estimate of drug-likeness (QED) is 0.851. The van der Waals surface area contributed by atoms with Crippen molar-refractivity contribution in [3.05, 3.63) is 47.8 Å². The summed E-state index contributed by atoms with van der Waals surface area (Å²) >= 11 is 0. The molecule has 112 valence electrons. The van der Waals surface area contributed by atoms with E-state index in [4.69, 9.17) is 4.74 Å². The first-order valence-corrected chi connectivity index (χ1v) is 7.48. The van der Waals surface area contributed by atoms with E-state index in [1.165, 1.54) is 37.4 Å². The van der Waals surface area contributed by atoms with Crippen LogP contribution in [0.25, 0.3) is 0 Å². The molecule has 2 N–H and O–H groups in total. The maximum Gasteiger partial charge on any atom is 0.262 e. The van der Waals surface area contributed by atoms with E-state index in [9.17, 15) is 17.9 Å². The summed E-state index contributed by atoms with van der Waals surface area (Å²) in [6.07, 6.45) is 0. The second-order valence-corrected chi connectivity index (χ2v) is 6.05. The van der Waals surface area contributed by atoms with Crippen molar-refractivity contribution >= 4 is 15.7 Å². The molecule has 0 saturated heterocycles. The molecule has 0 fully saturated rings. The van der Waals surface area contributed by atoms with Crippen LogP contribution in [-0.4, -0.2) is 20.6 Å². The number of halogens is 1. The summed E-state index contributed by atoms with van der Waals surface area (Å²) < 4.78 is 45.0. The van der Waals surface area contributed by atoms with Crippen LogP contribution >= 0.6 is 0 Å². The van der Waals surface area contributed by atoms with Crippen molar-refractivity contribution in [3.63, 3.8) is 0 Å². The van der Waals surface area contributed by atoms with E-state index in [0.717, 1.165) is 6.07 Å². The predicted molar refractivity (Wildman–Crippen MR) is 76.6 cm³/mol. The number of benzene rings is 2. The molecule has 0 spiro atoms. The number of hydrogen-bond acceptors (Lipinski definition) is 4. The standard InChI is InChI=1S/C14H14FNO4S/c1-9-3-4-10(15)7-14(9)21(18,19)16-12-8-11(20-2)5-6-13(12)17/h3-8,16-17H,1-2H3. The van der Waals surface area contributed by atoms with Gasteiger partial charge in [0.2, 0.25) is 0 Å². The summed E-state index contributed by atoms with van der Waals surface area (Å²) in [7, 11) is -2.60. The number of phenolic OH excluding ortho intramolecular Hbond substituents is 1. The zero-order chi connectivity index (χ0) is 15.6. The topological polar surface area (TPSA) is 75.6 Å². The van der Waals surface area contributed by atoms with Crippen LogP contribution in [0.3, 0.4) is 0 Å². The first-order chi connectivity index (χ1) is 9.83. The van der Waals surface area contributed by atoms with Gasteiger partial charge in [0.1, 0.15) is 17.3 Å². The van der Waals surface area contributed by atoms with Gasteiger partial charge < -0.3 is 9.84 Å². The largest absolute Gasteiger partial charge is 0.506 e. The molecule has 0 aliphatic rings. The smallest absolute Gasteiger partial charge is 0.262 e. The van der Waals surface area contributed by atoms with Crippen molar-refractivity contribution in [2.75, 3.05) is 11.8 Å². The number of methoxy groups -OCH3 is 1. The lowest BCUT2D eigenvalue weighted by molar-refractivity contribution is 0.413. The first-order valence-electron chi connectivity index (χ1n) is 5.99. The van der Waals surface area contributed by atoms with E-state index in [1.54, 1.807) is 6.92 Å². The van der Waals surface area contributed by atoms with Crippen molar-refractivity contribution in [2.24, 2.45) is 0 Å².